The Balaban J connectivity index is 2.26. The van der Waals surface area contributed by atoms with E-state index in [1.165, 1.54) is 12.1 Å². The van der Waals surface area contributed by atoms with E-state index in [1.54, 1.807) is 26.3 Å². The van der Waals surface area contributed by atoms with Gasteiger partial charge in [0.25, 0.3) is 0 Å². The van der Waals surface area contributed by atoms with Crippen molar-refractivity contribution in [2.24, 2.45) is 0 Å². The molecule has 29 heavy (non-hydrogen) atoms. The lowest BCUT2D eigenvalue weighted by Crippen LogP contribution is -2.11. The third-order valence-corrected chi connectivity index (χ3v) is 4.72. The molecule has 0 bridgehead atoms. The number of rotatable bonds is 7. The van der Waals surface area contributed by atoms with Crippen molar-refractivity contribution in [2.45, 2.75) is 26.7 Å². The van der Waals surface area contributed by atoms with E-state index in [1.807, 2.05) is 32.0 Å². The average molecular weight is 392 g/mol. The largest absolute Gasteiger partial charge is 0.496 e. The second kappa shape index (κ2) is 8.82. The number of aromatic nitrogens is 2. The second-order valence-corrected chi connectivity index (χ2v) is 6.79. The smallest absolute Gasteiger partial charge is 0.160 e. The number of aryl methyl sites for hydroxylation is 1. The highest BCUT2D eigenvalue weighted by Crippen LogP contribution is 2.34. The molecule has 0 aliphatic heterocycles. The van der Waals surface area contributed by atoms with Crippen molar-refractivity contribution < 1.29 is 9.13 Å². The predicted octanol–water partition coefficient (Wildman–Crippen LogP) is 5.48. The van der Waals surface area contributed by atoms with Crippen LogP contribution in [0.2, 0.25) is 0 Å². The van der Waals surface area contributed by atoms with Crippen LogP contribution in [0.25, 0.3) is 22.6 Å². The lowest BCUT2D eigenvalue weighted by Gasteiger charge is -2.17. The highest BCUT2D eigenvalue weighted by Gasteiger charge is 2.19. The van der Waals surface area contributed by atoms with Crippen LogP contribution in [0.15, 0.2) is 42.5 Å². The van der Waals surface area contributed by atoms with Crippen LogP contribution >= 0.6 is 0 Å². The molecule has 0 fully saturated rings. The second-order valence-electron chi connectivity index (χ2n) is 6.79. The minimum Gasteiger partial charge on any atom is -0.496 e. The molecule has 0 radical (unpaired) electrons. The van der Waals surface area contributed by atoms with Gasteiger partial charge in [-0.05, 0) is 61.4 Å². The maximum atomic E-state index is 13.4. The maximum absolute atomic E-state index is 13.4. The molecule has 6 heteroatoms. The Labute approximate surface area is 170 Å². The fourth-order valence-electron chi connectivity index (χ4n) is 3.25. The minimum absolute atomic E-state index is 0.314. The number of benzene rings is 2. The summed E-state index contributed by atoms with van der Waals surface area (Å²) in [5.41, 5.74) is 4.98. The summed E-state index contributed by atoms with van der Waals surface area (Å²) in [7, 11) is 3.45. The Morgan fingerprint density at radius 3 is 2.38 bits per heavy atom. The Morgan fingerprint density at radius 2 is 1.79 bits per heavy atom. The Morgan fingerprint density at radius 1 is 1.10 bits per heavy atom. The molecule has 0 amide bonds. The number of hydrogen-bond acceptors (Lipinski definition) is 5. The third kappa shape index (κ3) is 4.26. The van der Waals surface area contributed by atoms with Gasteiger partial charge in [-0.15, -0.1) is 0 Å². The summed E-state index contributed by atoms with van der Waals surface area (Å²) in [6.07, 6.45) is 1.45. The number of hydrogen-bond donors (Lipinski definition) is 2. The molecule has 0 unspecified atom stereocenters. The summed E-state index contributed by atoms with van der Waals surface area (Å²) >= 11 is 0. The van der Waals surface area contributed by atoms with Crippen molar-refractivity contribution in [1.82, 2.24) is 9.97 Å². The molecule has 3 rings (SSSR count). The van der Waals surface area contributed by atoms with Crippen molar-refractivity contribution >= 4 is 11.4 Å². The van der Waals surface area contributed by atoms with Gasteiger partial charge in [-0.3, -0.25) is 0 Å². The van der Waals surface area contributed by atoms with Gasteiger partial charge in [0.2, 0.25) is 0 Å². The monoisotopic (exact) mass is 392 g/mol. The van der Waals surface area contributed by atoms with Crippen LogP contribution in [0.3, 0.4) is 0 Å². The number of methoxy groups -OCH3 is 1. The number of ether oxygens (including phenoxy) is 1. The zero-order valence-electron chi connectivity index (χ0n) is 17.1. The van der Waals surface area contributed by atoms with Crippen LogP contribution in [-0.4, -0.2) is 29.8 Å². The average Bonchev–Trinajstić information content (AvgIpc) is 2.73. The minimum atomic E-state index is -0.314. The fourth-order valence-corrected chi connectivity index (χ4v) is 3.25. The van der Waals surface area contributed by atoms with Crippen molar-refractivity contribution in [3.8, 4) is 28.4 Å². The van der Waals surface area contributed by atoms with E-state index in [-0.39, 0.29) is 5.82 Å². The molecule has 2 N–H and O–H groups in total. The standard InChI is InChI=1S/C23H25FN4O/c1-5-6-18(25)21-22(26-3)20(16-9-12-19(29-4)14(2)13-16)27-23(28-21)15-7-10-17(24)11-8-15/h7-13,25-26H,5-6H2,1-4H3. The van der Waals surface area contributed by atoms with Gasteiger partial charge in [0.15, 0.2) is 5.82 Å². The molecule has 0 saturated heterocycles. The highest BCUT2D eigenvalue weighted by molar-refractivity contribution is 6.04. The molecule has 0 atom stereocenters. The van der Waals surface area contributed by atoms with E-state index in [4.69, 9.17) is 15.1 Å². The number of nitrogens with one attached hydrogen (secondary N) is 2. The molecule has 0 aliphatic rings. The van der Waals surface area contributed by atoms with Crippen molar-refractivity contribution in [3.63, 3.8) is 0 Å². The SMILES string of the molecule is CCCC(=N)c1nc(-c2ccc(F)cc2)nc(-c2ccc(OC)c(C)c2)c1NC. The van der Waals surface area contributed by atoms with Crippen LogP contribution in [0.4, 0.5) is 10.1 Å². The molecule has 0 aliphatic carbocycles. The van der Waals surface area contributed by atoms with Crippen molar-refractivity contribution in [3.05, 3.63) is 59.5 Å². The molecule has 150 valence electrons. The van der Waals surface area contributed by atoms with Gasteiger partial charge >= 0.3 is 0 Å². The van der Waals surface area contributed by atoms with Gasteiger partial charge in [-0.25, -0.2) is 14.4 Å². The van der Waals surface area contributed by atoms with E-state index in [2.05, 4.69) is 10.3 Å². The number of halogens is 1. The molecule has 2 aromatic carbocycles. The first-order valence-electron chi connectivity index (χ1n) is 9.57. The first kappa shape index (κ1) is 20.5. The van der Waals surface area contributed by atoms with Gasteiger partial charge in [0, 0.05) is 18.2 Å². The molecular formula is C23H25FN4O. The van der Waals surface area contributed by atoms with Crippen LogP contribution < -0.4 is 10.1 Å². The van der Waals surface area contributed by atoms with Gasteiger partial charge in [-0.2, -0.15) is 0 Å². The first-order valence-corrected chi connectivity index (χ1v) is 9.57. The number of nitrogens with zero attached hydrogens (tertiary/aromatic N) is 2. The molecular weight excluding hydrogens is 367 g/mol. The van der Waals surface area contributed by atoms with Crippen LogP contribution in [0, 0.1) is 18.2 Å². The van der Waals surface area contributed by atoms with Gasteiger partial charge in [-0.1, -0.05) is 13.3 Å². The Kier molecular flexibility index (Phi) is 6.22. The molecule has 3 aromatic rings. The summed E-state index contributed by atoms with van der Waals surface area (Å²) in [5.74, 6) is 0.945. The lowest BCUT2D eigenvalue weighted by molar-refractivity contribution is 0.412. The van der Waals surface area contributed by atoms with Gasteiger partial charge in [0.1, 0.15) is 17.3 Å². The normalized spacial score (nSPS) is 10.7. The fraction of sp³-hybridized carbons (Fsp3) is 0.261. The molecule has 1 aromatic heterocycles. The quantitative estimate of drug-likeness (QED) is 0.523. The maximum Gasteiger partial charge on any atom is 0.160 e. The van der Waals surface area contributed by atoms with Crippen LogP contribution in [0.5, 0.6) is 5.75 Å². The van der Waals surface area contributed by atoms with E-state index in [0.29, 0.717) is 40.6 Å². The van der Waals surface area contributed by atoms with E-state index < -0.39 is 0 Å². The third-order valence-electron chi connectivity index (χ3n) is 4.72. The zero-order valence-corrected chi connectivity index (χ0v) is 17.1. The number of anilines is 1. The molecule has 5 nitrogen and oxygen atoms in total. The predicted molar refractivity (Wildman–Crippen MR) is 115 cm³/mol. The van der Waals surface area contributed by atoms with Gasteiger partial charge < -0.3 is 15.5 Å². The van der Waals surface area contributed by atoms with Crippen molar-refractivity contribution in [1.29, 1.82) is 5.41 Å². The Hall–Kier alpha value is -3.28. The van der Waals surface area contributed by atoms with E-state index in [9.17, 15) is 4.39 Å². The first-order chi connectivity index (χ1) is 14.0. The Bertz CT molecular complexity index is 1030. The van der Waals surface area contributed by atoms with E-state index in [0.717, 1.165) is 23.3 Å². The summed E-state index contributed by atoms with van der Waals surface area (Å²) in [4.78, 5) is 9.44. The summed E-state index contributed by atoms with van der Waals surface area (Å²) in [5, 5.41) is 11.7. The lowest BCUT2D eigenvalue weighted by atomic mass is 10.0. The van der Waals surface area contributed by atoms with E-state index >= 15 is 0 Å². The van der Waals surface area contributed by atoms with Crippen molar-refractivity contribution in [2.75, 3.05) is 19.5 Å². The van der Waals surface area contributed by atoms with Crippen LogP contribution in [-0.2, 0) is 0 Å². The summed E-state index contributed by atoms with van der Waals surface area (Å²) < 4.78 is 18.8. The summed E-state index contributed by atoms with van der Waals surface area (Å²) in [6.45, 7) is 4.01. The zero-order chi connectivity index (χ0) is 21.0. The topological polar surface area (TPSA) is 70.9 Å². The van der Waals surface area contributed by atoms with Gasteiger partial charge in [0.05, 0.1) is 24.2 Å². The summed E-state index contributed by atoms with van der Waals surface area (Å²) in [6, 6.07) is 11.9. The molecule has 0 saturated carbocycles. The highest BCUT2D eigenvalue weighted by atomic mass is 19.1. The molecule has 1 heterocycles. The van der Waals surface area contributed by atoms with Crippen LogP contribution in [0.1, 0.15) is 31.0 Å². The molecule has 0 spiro atoms.